The van der Waals surface area contributed by atoms with Crippen molar-refractivity contribution in [3.8, 4) is 0 Å². The second-order valence-corrected chi connectivity index (χ2v) is 8.10. The average molecular weight is 400 g/mol. The van der Waals surface area contributed by atoms with Gasteiger partial charge in [-0.1, -0.05) is 6.58 Å². The lowest BCUT2D eigenvalue weighted by Gasteiger charge is -2.31. The van der Waals surface area contributed by atoms with Crippen molar-refractivity contribution in [3.05, 3.63) is 12.3 Å². The summed E-state index contributed by atoms with van der Waals surface area (Å²) in [7, 11) is -2.69. The lowest BCUT2D eigenvalue weighted by atomic mass is 10.3. The van der Waals surface area contributed by atoms with Gasteiger partial charge < -0.3 is 18.4 Å². The Morgan fingerprint density at radius 2 is 1.12 bits per heavy atom. The molecule has 0 spiro atoms. The molecule has 0 bridgehead atoms. The minimum atomic E-state index is -5.94. The molecule has 152 valence electrons. The van der Waals surface area contributed by atoms with Gasteiger partial charge in [-0.25, -0.2) is 8.78 Å². The van der Waals surface area contributed by atoms with Crippen molar-refractivity contribution in [2.45, 2.75) is 78.3 Å². The summed E-state index contributed by atoms with van der Waals surface area (Å²) >= 11 is 0. The first-order valence-electron chi connectivity index (χ1n) is 7.44. The van der Waals surface area contributed by atoms with Crippen LogP contribution in [0.15, 0.2) is 12.3 Å². The maximum absolute atomic E-state index is 11.4. The monoisotopic (exact) mass is 400 g/mol. The second-order valence-electron chi connectivity index (χ2n) is 5.78. The first-order valence-corrected chi connectivity index (χ1v) is 9.24. The lowest BCUT2D eigenvalue weighted by molar-refractivity contribution is -0.352. The van der Waals surface area contributed by atoms with Gasteiger partial charge in [-0.15, -0.1) is 0 Å². The van der Waals surface area contributed by atoms with Crippen molar-refractivity contribution in [1.82, 2.24) is 0 Å². The normalized spacial score (nSPS) is 15.4. The fourth-order valence-electron chi connectivity index (χ4n) is 1.34. The molecule has 0 aromatic carbocycles. The minimum absolute atomic E-state index is 0.0761. The van der Waals surface area contributed by atoms with Gasteiger partial charge in [-0.2, -0.15) is 17.6 Å². The molecule has 0 saturated heterocycles. The largest absolute Gasteiger partial charge is 0.529 e. The first kappa shape index (κ1) is 26.6. The summed E-state index contributed by atoms with van der Waals surface area (Å²) in [6.07, 6.45) is -10.2. The molecule has 0 heterocycles. The number of aliphatic hydroxyl groups is 1. The molecule has 0 radical (unpaired) electrons. The zero-order valence-corrected chi connectivity index (χ0v) is 16.0. The number of alkyl halides is 6. The fourth-order valence-corrected chi connectivity index (χ4v) is 3.76. The van der Waals surface area contributed by atoms with Crippen molar-refractivity contribution in [3.63, 3.8) is 0 Å². The minimum Gasteiger partial charge on any atom is -0.368 e. The molecule has 0 aromatic rings. The van der Waals surface area contributed by atoms with Crippen LogP contribution in [0.5, 0.6) is 0 Å². The molecule has 0 saturated carbocycles. The third-order valence-corrected chi connectivity index (χ3v) is 5.04. The van der Waals surface area contributed by atoms with Gasteiger partial charge >= 0.3 is 27.3 Å². The third kappa shape index (κ3) is 10.2. The van der Waals surface area contributed by atoms with E-state index in [9.17, 15) is 26.3 Å². The third-order valence-electron chi connectivity index (χ3n) is 2.14. The van der Waals surface area contributed by atoms with Crippen molar-refractivity contribution in [2.75, 3.05) is 0 Å². The van der Waals surface area contributed by atoms with E-state index < -0.39 is 27.3 Å². The van der Waals surface area contributed by atoms with E-state index in [-0.39, 0.29) is 18.3 Å². The van der Waals surface area contributed by atoms with E-state index in [1.807, 2.05) is 41.5 Å². The van der Waals surface area contributed by atoms with E-state index >= 15 is 0 Å². The Hall–Kier alpha value is -0.623. The van der Waals surface area contributed by atoms with E-state index in [0.29, 0.717) is 0 Å². The molecule has 25 heavy (non-hydrogen) atoms. The zero-order chi connectivity index (χ0) is 20.6. The average Bonchev–Trinajstić information content (AvgIpc) is 2.35. The molecule has 1 atom stereocenters. The van der Waals surface area contributed by atoms with E-state index in [4.69, 9.17) is 18.4 Å². The van der Waals surface area contributed by atoms with E-state index in [1.54, 1.807) is 5.70 Å². The highest BCUT2D eigenvalue weighted by atomic mass is 28.4. The highest BCUT2D eigenvalue weighted by molar-refractivity contribution is 6.66. The summed E-state index contributed by atoms with van der Waals surface area (Å²) in [6.45, 7) is 15.6. The van der Waals surface area contributed by atoms with E-state index in [0.717, 1.165) is 0 Å². The van der Waals surface area contributed by atoms with Gasteiger partial charge in [-0.3, -0.25) is 0 Å². The van der Waals surface area contributed by atoms with Crippen LogP contribution in [0.1, 0.15) is 41.5 Å². The summed E-state index contributed by atoms with van der Waals surface area (Å²) in [5.41, 5.74) is 1.70. The molecule has 0 fully saturated rings. The Balaban J connectivity index is 0. The van der Waals surface area contributed by atoms with Crippen molar-refractivity contribution >= 4 is 8.80 Å². The standard InChI is InChI=1S/C11H24O3Si.C3H2F6O/c1-8-15(12-9(2)3,13-10(4)5)14-11(6)7;4-1(5)2(6,10)3(7,8)9/h8-11H,1H2,2-7H3;1,10H. The van der Waals surface area contributed by atoms with Gasteiger partial charge in [0.05, 0.1) is 0 Å². The van der Waals surface area contributed by atoms with Crippen molar-refractivity contribution in [1.29, 1.82) is 0 Å². The molecule has 0 rings (SSSR count). The topological polar surface area (TPSA) is 47.9 Å². The van der Waals surface area contributed by atoms with Gasteiger partial charge in [0.1, 0.15) is 0 Å². The summed E-state index contributed by atoms with van der Waals surface area (Å²) in [5, 5.41) is 7.39. The Kier molecular flexibility index (Phi) is 11.2. The Morgan fingerprint density at radius 3 is 1.20 bits per heavy atom. The SMILES string of the molecule is C=C[Si](OC(C)C)(OC(C)C)OC(C)C.OC(F)(C(F)F)C(F)(F)F. The Labute approximate surface area is 145 Å². The Morgan fingerprint density at radius 1 is 0.840 bits per heavy atom. The van der Waals surface area contributed by atoms with Crippen LogP contribution >= 0.6 is 0 Å². The van der Waals surface area contributed by atoms with Crippen LogP contribution in [-0.2, 0) is 13.3 Å². The number of rotatable bonds is 8. The number of hydrogen-bond donors (Lipinski definition) is 1. The zero-order valence-electron chi connectivity index (χ0n) is 15.0. The highest BCUT2D eigenvalue weighted by Gasteiger charge is 2.62. The van der Waals surface area contributed by atoms with Crippen LogP contribution < -0.4 is 0 Å². The molecular formula is C14H26F6O4Si. The van der Waals surface area contributed by atoms with Gasteiger partial charge in [0, 0.05) is 18.3 Å². The maximum Gasteiger partial charge on any atom is 0.529 e. The van der Waals surface area contributed by atoms with Crippen molar-refractivity contribution in [2.24, 2.45) is 0 Å². The van der Waals surface area contributed by atoms with Gasteiger partial charge in [0.15, 0.2) is 0 Å². The summed E-state index contributed by atoms with van der Waals surface area (Å²) in [6, 6.07) is 0. The molecule has 1 N–H and O–H groups in total. The van der Waals surface area contributed by atoms with Crippen LogP contribution in [0.3, 0.4) is 0 Å². The predicted octanol–water partition coefficient (Wildman–Crippen LogP) is 4.40. The molecule has 4 nitrogen and oxygen atoms in total. The molecule has 0 aromatic heterocycles. The van der Waals surface area contributed by atoms with Crippen LogP contribution in [-0.4, -0.2) is 50.7 Å². The highest BCUT2D eigenvalue weighted by Crippen LogP contribution is 2.36. The molecule has 0 aliphatic carbocycles. The van der Waals surface area contributed by atoms with Crippen LogP contribution in [0, 0.1) is 0 Å². The Bertz CT molecular complexity index is 359. The van der Waals surface area contributed by atoms with Gasteiger partial charge in [0.2, 0.25) is 0 Å². The molecule has 0 aliphatic rings. The number of halogens is 6. The number of hydrogen-bond acceptors (Lipinski definition) is 4. The van der Waals surface area contributed by atoms with Crippen molar-refractivity contribution < 1.29 is 44.7 Å². The molecule has 11 heteroatoms. The molecule has 1 unspecified atom stereocenters. The second kappa shape index (κ2) is 10.5. The smallest absolute Gasteiger partial charge is 0.368 e. The van der Waals surface area contributed by atoms with E-state index in [1.165, 1.54) is 0 Å². The molecule has 0 aliphatic heterocycles. The van der Waals surface area contributed by atoms with Crippen LogP contribution in [0.4, 0.5) is 26.3 Å². The summed E-state index contributed by atoms with van der Waals surface area (Å²) in [4.78, 5) is 0. The van der Waals surface area contributed by atoms with Crippen LogP contribution in [0.25, 0.3) is 0 Å². The quantitative estimate of drug-likeness (QED) is 0.485. The first-order chi connectivity index (χ1) is 11.0. The van der Waals surface area contributed by atoms with E-state index in [2.05, 4.69) is 6.58 Å². The summed E-state index contributed by atoms with van der Waals surface area (Å²) < 4.78 is 83.6. The fraction of sp³-hybridized carbons (Fsp3) is 0.857. The maximum atomic E-state index is 11.4. The van der Waals surface area contributed by atoms with Gasteiger partial charge in [0.25, 0.3) is 0 Å². The summed E-state index contributed by atoms with van der Waals surface area (Å²) in [5.74, 6) is -5.40. The van der Waals surface area contributed by atoms with Crippen LogP contribution in [0.2, 0.25) is 0 Å². The molecule has 0 amide bonds. The predicted molar refractivity (Wildman–Crippen MR) is 82.7 cm³/mol. The van der Waals surface area contributed by atoms with Gasteiger partial charge in [-0.05, 0) is 47.2 Å². The lowest BCUT2D eigenvalue weighted by Crippen LogP contribution is -2.49. The molecular weight excluding hydrogens is 374 g/mol.